The van der Waals surface area contributed by atoms with Crippen molar-refractivity contribution in [2.24, 2.45) is 5.92 Å². The summed E-state index contributed by atoms with van der Waals surface area (Å²) in [7, 11) is 0. The van der Waals surface area contributed by atoms with Gasteiger partial charge in [0.15, 0.2) is 0 Å². The average molecular weight is 671 g/mol. The molecule has 4 rings (SSSR count). The van der Waals surface area contributed by atoms with E-state index in [1.807, 2.05) is 0 Å². The summed E-state index contributed by atoms with van der Waals surface area (Å²) in [5.74, 6) is 0.560. The van der Waals surface area contributed by atoms with Crippen molar-refractivity contribution >= 4 is 41.0 Å². The topological polar surface area (TPSA) is 0 Å². The molecule has 206 valence electrons. The molecule has 1 unspecified atom stereocenters. The molecule has 1 atom stereocenters. The Balaban J connectivity index is 0.000000764. The van der Waals surface area contributed by atoms with Crippen molar-refractivity contribution in [3.8, 4) is 11.1 Å². The largest absolute Gasteiger partial charge is 0.416 e. The minimum absolute atomic E-state index is 0. The Hall–Kier alpha value is -1.21. The number of alkyl halides is 6. The molecule has 0 nitrogen and oxygen atoms in total. The van der Waals surface area contributed by atoms with E-state index in [4.69, 9.17) is 0 Å². The summed E-state index contributed by atoms with van der Waals surface area (Å²) in [6, 6.07) is 11.7. The zero-order chi connectivity index (χ0) is 27.4. The van der Waals surface area contributed by atoms with Crippen LogP contribution in [0.25, 0.3) is 21.9 Å². The van der Waals surface area contributed by atoms with Crippen molar-refractivity contribution in [3.05, 3.63) is 88.5 Å². The first-order chi connectivity index (χ1) is 16.5. The van der Waals surface area contributed by atoms with Crippen molar-refractivity contribution in [3.63, 3.8) is 0 Å². The van der Waals surface area contributed by atoms with Crippen molar-refractivity contribution in [1.82, 2.24) is 0 Å². The summed E-state index contributed by atoms with van der Waals surface area (Å²) in [4.78, 5) is 0. The van der Waals surface area contributed by atoms with Crippen LogP contribution in [0, 0.1) is 12.0 Å². The molecular weight excluding hydrogens is 641 g/mol. The van der Waals surface area contributed by atoms with Crippen molar-refractivity contribution in [2.75, 3.05) is 0 Å². The van der Waals surface area contributed by atoms with Crippen LogP contribution in [-0.4, -0.2) is 5.43 Å². The first kappa shape index (κ1) is 36.8. The van der Waals surface area contributed by atoms with E-state index in [0.717, 1.165) is 17.5 Å². The van der Waals surface area contributed by atoms with E-state index in [2.05, 4.69) is 46.9 Å². The fourth-order valence-electron chi connectivity index (χ4n) is 3.67. The maximum atomic E-state index is 12.9. The number of halogens is 8. The Bertz CT molecular complexity index is 1270. The van der Waals surface area contributed by atoms with E-state index in [9.17, 15) is 26.3 Å². The Kier molecular flexibility index (Phi) is 14.5. The molecule has 3 aromatic carbocycles. The molecule has 0 heterocycles. The Morgan fingerprint density at radius 2 is 1.34 bits per heavy atom. The molecule has 0 amide bonds. The van der Waals surface area contributed by atoms with Gasteiger partial charge in [-0.25, -0.2) is 5.57 Å². The molecule has 0 bridgehead atoms. The number of fused-ring (bicyclic) bond motifs is 1. The van der Waals surface area contributed by atoms with Gasteiger partial charge in [-0.3, -0.25) is 6.08 Å². The van der Waals surface area contributed by atoms with Crippen LogP contribution in [0.4, 0.5) is 26.3 Å². The Labute approximate surface area is 248 Å². The molecule has 0 radical (unpaired) electrons. The van der Waals surface area contributed by atoms with Gasteiger partial charge in [0, 0.05) is 0 Å². The number of benzene rings is 2. The predicted octanol–water partition coefficient (Wildman–Crippen LogP) is 10.6. The van der Waals surface area contributed by atoms with Crippen LogP contribution in [0.3, 0.4) is 0 Å². The van der Waals surface area contributed by atoms with Crippen molar-refractivity contribution in [2.45, 2.75) is 53.1 Å². The van der Waals surface area contributed by atoms with Crippen LogP contribution in [-0.2, 0) is 35.7 Å². The van der Waals surface area contributed by atoms with Gasteiger partial charge in [0.05, 0.1) is 11.1 Å². The minimum atomic E-state index is -4.85. The molecule has 0 saturated heterocycles. The molecular formula is C28H30Cl2F6SiZr. The molecule has 1 aliphatic rings. The van der Waals surface area contributed by atoms with Crippen molar-refractivity contribution in [1.29, 1.82) is 0 Å². The summed E-state index contributed by atoms with van der Waals surface area (Å²) in [5.41, 5.74) is 2.07. The van der Waals surface area contributed by atoms with Crippen LogP contribution in [0.5, 0.6) is 0 Å². The van der Waals surface area contributed by atoms with Gasteiger partial charge in [-0.15, -0.1) is 78.4 Å². The second kappa shape index (κ2) is 15.0. The van der Waals surface area contributed by atoms with E-state index < -0.39 is 23.5 Å². The number of hydrogen-bond acceptors (Lipinski definition) is 0. The normalized spacial score (nSPS) is 14.9. The van der Waals surface area contributed by atoms with Crippen LogP contribution >= 0.6 is 24.8 Å². The predicted molar refractivity (Wildman–Crippen MR) is 147 cm³/mol. The van der Waals surface area contributed by atoms with E-state index in [1.54, 1.807) is 53.7 Å². The number of allylic oxidation sites excluding steroid dienone is 4. The quantitative estimate of drug-likeness (QED) is 0.137. The number of hydrogen-bond donors (Lipinski definition) is 0. The van der Waals surface area contributed by atoms with E-state index in [-0.39, 0.29) is 41.9 Å². The van der Waals surface area contributed by atoms with E-state index >= 15 is 0 Å². The molecule has 0 aromatic heterocycles. The molecule has 3 aromatic rings. The molecule has 0 aliphatic heterocycles. The summed E-state index contributed by atoms with van der Waals surface area (Å²) in [6.07, 6.45) is -6.34. The van der Waals surface area contributed by atoms with Crippen LogP contribution < -0.4 is 0 Å². The summed E-state index contributed by atoms with van der Waals surface area (Å²) in [6.45, 7) is 13.3. The van der Waals surface area contributed by atoms with Gasteiger partial charge >= 0.3 is 54.2 Å². The second-order valence-corrected chi connectivity index (χ2v) is 18.3. The van der Waals surface area contributed by atoms with Gasteiger partial charge in [-0.05, 0) is 6.07 Å². The molecule has 0 N–H and O–H groups in total. The van der Waals surface area contributed by atoms with Crippen LogP contribution in [0.2, 0.25) is 13.1 Å². The zero-order valence-electron chi connectivity index (χ0n) is 21.9. The van der Waals surface area contributed by atoms with E-state index in [0.29, 0.717) is 16.9 Å². The monoisotopic (exact) mass is 668 g/mol. The third-order valence-corrected chi connectivity index (χ3v) is 5.82. The molecule has 0 saturated carbocycles. The molecule has 0 fully saturated rings. The number of rotatable bonds is 1. The SMILES string of the molecule is CC1=[C-]C(C)C(C)=C1C.C[Si](C)=[Zr+2].Cl.Cl.FC(F)(F)c1cc(-c2c[cH-]c3ccccc23)cc(C(F)(F)F)c1. The smallest absolute Gasteiger partial charge is 0.166 e. The summed E-state index contributed by atoms with van der Waals surface area (Å²) in [5, 5.41) is 1.37. The standard InChI is InChI=1S/C17H9F6.C9H13.C2H6Si.2ClH.Zr/c18-16(19,20)12-7-11(8-13(9-12)17(21,22)23)15-6-5-10-3-1-2-4-14(10)15;1-6-5-7(2)9(4)8(6)3;1-3-2;;;/h1-9H;6H,1-4H3;1-2H3;2*1H;/q2*-1;;;;+2. The minimum Gasteiger partial charge on any atom is -0.166 e. The van der Waals surface area contributed by atoms with Gasteiger partial charge in [0.1, 0.15) is 0 Å². The third-order valence-electron chi connectivity index (χ3n) is 5.82. The Morgan fingerprint density at radius 3 is 1.71 bits per heavy atom. The molecule has 0 spiro atoms. The van der Waals surface area contributed by atoms with E-state index in [1.165, 1.54) is 22.8 Å². The summed E-state index contributed by atoms with van der Waals surface area (Å²) < 4.78 is 77.5. The maximum Gasteiger partial charge on any atom is 0.416 e. The first-order valence-electron chi connectivity index (χ1n) is 11.3. The van der Waals surface area contributed by atoms with Gasteiger partial charge in [0.2, 0.25) is 0 Å². The third kappa shape index (κ3) is 10.1. The maximum absolute atomic E-state index is 12.9. The van der Waals surface area contributed by atoms with Gasteiger partial charge in [0.25, 0.3) is 0 Å². The molecule has 10 heteroatoms. The average Bonchev–Trinajstić information content (AvgIpc) is 3.29. The molecule has 1 aliphatic carbocycles. The fraction of sp³-hybridized carbons (Fsp3) is 0.321. The van der Waals surface area contributed by atoms with Crippen LogP contribution in [0.15, 0.2) is 71.3 Å². The van der Waals surface area contributed by atoms with Gasteiger partial charge < -0.3 is 0 Å². The summed E-state index contributed by atoms with van der Waals surface area (Å²) >= 11 is 1.74. The van der Waals surface area contributed by atoms with Gasteiger partial charge in [-0.1, -0.05) is 50.5 Å². The van der Waals surface area contributed by atoms with Crippen LogP contribution in [0.1, 0.15) is 38.8 Å². The molecule has 38 heavy (non-hydrogen) atoms. The second-order valence-electron chi connectivity index (χ2n) is 8.93. The van der Waals surface area contributed by atoms with Crippen molar-refractivity contribution < 1.29 is 49.7 Å². The first-order valence-corrected chi connectivity index (χ1v) is 17.4. The van der Waals surface area contributed by atoms with Gasteiger partial charge in [-0.2, -0.15) is 37.5 Å². The fourth-order valence-corrected chi connectivity index (χ4v) is 3.67. The Morgan fingerprint density at radius 1 is 0.868 bits per heavy atom. The zero-order valence-corrected chi connectivity index (χ0v) is 26.9.